The third-order valence-electron chi connectivity index (χ3n) is 2.92. The molecule has 0 aromatic heterocycles. The van der Waals surface area contributed by atoms with Crippen molar-refractivity contribution in [3.05, 3.63) is 29.3 Å². The monoisotopic (exact) mass is 204 g/mol. The molecule has 1 aromatic rings. The smallest absolute Gasteiger partial charge is 0.0400 e. The van der Waals surface area contributed by atoms with E-state index in [1.165, 1.54) is 29.7 Å². The van der Waals surface area contributed by atoms with Gasteiger partial charge in [0.05, 0.1) is 0 Å². The Morgan fingerprint density at radius 1 is 1.13 bits per heavy atom. The Bertz CT molecular complexity index is 309. The van der Waals surface area contributed by atoms with Crippen LogP contribution in [0.4, 0.5) is 5.69 Å². The maximum Gasteiger partial charge on any atom is 0.0400 e. The lowest BCUT2D eigenvalue weighted by Gasteiger charge is -2.12. The average Bonchev–Trinajstić information content (AvgIpc) is 3.00. The van der Waals surface area contributed by atoms with Crippen LogP contribution in [0, 0.1) is 13.8 Å². The predicted octanol–water partition coefficient (Wildman–Crippen LogP) is 2.47. The first-order valence-electron chi connectivity index (χ1n) is 5.81. The topological polar surface area (TPSA) is 24.1 Å². The number of nitrogens with one attached hydrogen (secondary N) is 2. The summed E-state index contributed by atoms with van der Waals surface area (Å²) in [4.78, 5) is 0. The Morgan fingerprint density at radius 2 is 1.80 bits per heavy atom. The van der Waals surface area contributed by atoms with Gasteiger partial charge in [0.25, 0.3) is 0 Å². The van der Waals surface area contributed by atoms with Crippen LogP contribution >= 0.6 is 0 Å². The van der Waals surface area contributed by atoms with Crippen LogP contribution in [0.2, 0.25) is 0 Å². The van der Waals surface area contributed by atoms with E-state index in [2.05, 4.69) is 42.7 Å². The molecule has 0 atom stereocenters. The molecule has 2 N–H and O–H groups in total. The van der Waals surface area contributed by atoms with E-state index in [4.69, 9.17) is 0 Å². The van der Waals surface area contributed by atoms with E-state index in [0.29, 0.717) is 0 Å². The van der Waals surface area contributed by atoms with Gasteiger partial charge in [-0.05, 0) is 37.8 Å². The molecule has 0 saturated heterocycles. The SMILES string of the molecule is Cc1cccc(C)c1NCCNC1CC1. The number of benzene rings is 1. The lowest BCUT2D eigenvalue weighted by atomic mass is 10.1. The molecule has 0 bridgehead atoms. The van der Waals surface area contributed by atoms with Crippen LogP contribution in [-0.4, -0.2) is 19.1 Å². The molecular formula is C13H20N2. The molecule has 1 aliphatic rings. The van der Waals surface area contributed by atoms with Gasteiger partial charge in [-0.3, -0.25) is 0 Å². The molecule has 2 rings (SSSR count). The van der Waals surface area contributed by atoms with E-state index in [0.717, 1.165) is 19.1 Å². The molecule has 1 aliphatic carbocycles. The Balaban J connectivity index is 1.80. The first kappa shape index (κ1) is 10.5. The van der Waals surface area contributed by atoms with Crippen molar-refractivity contribution in [2.24, 2.45) is 0 Å². The predicted molar refractivity (Wildman–Crippen MR) is 65.4 cm³/mol. The van der Waals surface area contributed by atoms with Crippen LogP contribution in [0.15, 0.2) is 18.2 Å². The number of para-hydroxylation sites is 1. The summed E-state index contributed by atoms with van der Waals surface area (Å²) in [6.45, 7) is 6.40. The van der Waals surface area contributed by atoms with Crippen molar-refractivity contribution in [3.8, 4) is 0 Å². The van der Waals surface area contributed by atoms with Crippen molar-refractivity contribution in [1.29, 1.82) is 0 Å². The van der Waals surface area contributed by atoms with Crippen LogP contribution in [-0.2, 0) is 0 Å². The van der Waals surface area contributed by atoms with Gasteiger partial charge in [-0.15, -0.1) is 0 Å². The number of hydrogen-bond acceptors (Lipinski definition) is 2. The Morgan fingerprint density at radius 3 is 2.40 bits per heavy atom. The molecule has 0 amide bonds. The van der Waals surface area contributed by atoms with Gasteiger partial charge in [0, 0.05) is 24.8 Å². The van der Waals surface area contributed by atoms with Gasteiger partial charge < -0.3 is 10.6 Å². The molecular weight excluding hydrogens is 184 g/mol. The minimum absolute atomic E-state index is 0.810. The van der Waals surface area contributed by atoms with Crippen molar-refractivity contribution in [2.75, 3.05) is 18.4 Å². The van der Waals surface area contributed by atoms with Crippen LogP contribution in [0.1, 0.15) is 24.0 Å². The molecule has 2 nitrogen and oxygen atoms in total. The first-order chi connectivity index (χ1) is 7.27. The fourth-order valence-electron chi connectivity index (χ4n) is 1.84. The van der Waals surface area contributed by atoms with Gasteiger partial charge >= 0.3 is 0 Å². The molecule has 0 heterocycles. The molecule has 0 unspecified atom stereocenters. The maximum absolute atomic E-state index is 3.50. The van der Waals surface area contributed by atoms with E-state index in [9.17, 15) is 0 Å². The van der Waals surface area contributed by atoms with Crippen molar-refractivity contribution in [3.63, 3.8) is 0 Å². The average molecular weight is 204 g/mol. The zero-order valence-electron chi connectivity index (χ0n) is 9.64. The normalized spacial score (nSPS) is 15.3. The molecule has 82 valence electrons. The summed E-state index contributed by atoms with van der Waals surface area (Å²) in [6, 6.07) is 7.23. The zero-order chi connectivity index (χ0) is 10.7. The van der Waals surface area contributed by atoms with Crippen molar-refractivity contribution in [2.45, 2.75) is 32.7 Å². The molecule has 1 fully saturated rings. The Hall–Kier alpha value is -1.02. The lowest BCUT2D eigenvalue weighted by molar-refractivity contribution is 0.701. The molecule has 15 heavy (non-hydrogen) atoms. The number of rotatable bonds is 5. The fourth-order valence-corrected chi connectivity index (χ4v) is 1.84. The summed E-state index contributed by atoms with van der Waals surface area (Å²) in [6.07, 6.45) is 2.73. The summed E-state index contributed by atoms with van der Waals surface area (Å²) in [7, 11) is 0. The van der Waals surface area contributed by atoms with E-state index in [1.807, 2.05) is 0 Å². The van der Waals surface area contributed by atoms with Gasteiger partial charge in [-0.25, -0.2) is 0 Å². The second-order valence-electron chi connectivity index (χ2n) is 4.42. The van der Waals surface area contributed by atoms with Gasteiger partial charge in [0.2, 0.25) is 0 Å². The summed E-state index contributed by atoms with van der Waals surface area (Å²) >= 11 is 0. The molecule has 0 aliphatic heterocycles. The van der Waals surface area contributed by atoms with Crippen LogP contribution in [0.25, 0.3) is 0 Å². The van der Waals surface area contributed by atoms with Crippen molar-refractivity contribution >= 4 is 5.69 Å². The van der Waals surface area contributed by atoms with E-state index < -0.39 is 0 Å². The standard InChI is InChI=1S/C13H20N2/c1-10-4-3-5-11(2)13(10)15-9-8-14-12-6-7-12/h3-5,12,14-15H,6-9H2,1-2H3. The van der Waals surface area contributed by atoms with Crippen LogP contribution in [0.3, 0.4) is 0 Å². The molecule has 0 radical (unpaired) electrons. The van der Waals surface area contributed by atoms with Crippen molar-refractivity contribution < 1.29 is 0 Å². The highest BCUT2D eigenvalue weighted by Gasteiger charge is 2.19. The van der Waals surface area contributed by atoms with E-state index in [1.54, 1.807) is 0 Å². The minimum atomic E-state index is 0.810. The Kier molecular flexibility index (Phi) is 3.27. The summed E-state index contributed by atoms with van der Waals surface area (Å²) in [5, 5.41) is 7.01. The Labute approximate surface area is 92.1 Å². The summed E-state index contributed by atoms with van der Waals surface area (Å²) in [5.74, 6) is 0. The maximum atomic E-state index is 3.50. The fraction of sp³-hybridized carbons (Fsp3) is 0.538. The van der Waals surface area contributed by atoms with Gasteiger partial charge in [-0.1, -0.05) is 18.2 Å². The number of anilines is 1. The summed E-state index contributed by atoms with van der Waals surface area (Å²) < 4.78 is 0. The zero-order valence-corrected chi connectivity index (χ0v) is 9.64. The number of hydrogen-bond donors (Lipinski definition) is 2. The first-order valence-corrected chi connectivity index (χ1v) is 5.81. The van der Waals surface area contributed by atoms with Gasteiger partial charge in [0.1, 0.15) is 0 Å². The van der Waals surface area contributed by atoms with Crippen LogP contribution in [0.5, 0.6) is 0 Å². The highest BCUT2D eigenvalue weighted by Crippen LogP contribution is 2.19. The third kappa shape index (κ3) is 2.96. The van der Waals surface area contributed by atoms with Crippen molar-refractivity contribution in [1.82, 2.24) is 5.32 Å². The molecule has 1 saturated carbocycles. The molecule has 0 spiro atoms. The minimum Gasteiger partial charge on any atom is -0.383 e. The molecule has 1 aromatic carbocycles. The second kappa shape index (κ2) is 4.67. The quantitative estimate of drug-likeness (QED) is 0.720. The summed E-state index contributed by atoms with van der Waals surface area (Å²) in [5.41, 5.74) is 3.97. The van der Waals surface area contributed by atoms with Crippen LogP contribution < -0.4 is 10.6 Å². The third-order valence-corrected chi connectivity index (χ3v) is 2.92. The highest BCUT2D eigenvalue weighted by molar-refractivity contribution is 5.56. The molecule has 2 heteroatoms. The highest BCUT2D eigenvalue weighted by atomic mass is 15.0. The lowest BCUT2D eigenvalue weighted by Crippen LogP contribution is -2.24. The van der Waals surface area contributed by atoms with E-state index >= 15 is 0 Å². The van der Waals surface area contributed by atoms with Gasteiger partial charge in [-0.2, -0.15) is 0 Å². The van der Waals surface area contributed by atoms with E-state index in [-0.39, 0.29) is 0 Å². The number of aryl methyl sites for hydroxylation is 2. The second-order valence-corrected chi connectivity index (χ2v) is 4.42. The largest absolute Gasteiger partial charge is 0.383 e. The van der Waals surface area contributed by atoms with Gasteiger partial charge in [0.15, 0.2) is 0 Å².